The highest BCUT2D eigenvalue weighted by Gasteiger charge is 2.30. The molecule has 3 aromatic carbocycles. The maximum atomic E-state index is 14.0. The van der Waals surface area contributed by atoms with E-state index < -0.39 is 16.1 Å². The van der Waals surface area contributed by atoms with Gasteiger partial charge in [-0.2, -0.15) is 0 Å². The minimum atomic E-state index is -3.68. The van der Waals surface area contributed by atoms with Crippen LogP contribution in [0, 0.1) is 0 Å². The number of hydrogen-bond acceptors (Lipinski definition) is 6. The van der Waals surface area contributed by atoms with E-state index in [1.165, 1.54) is 17.5 Å². The molecule has 3 rings (SSSR count). The van der Waals surface area contributed by atoms with Crippen molar-refractivity contribution >= 4 is 39.1 Å². The largest absolute Gasteiger partial charge is 0.497 e. The molecule has 1 atom stereocenters. The van der Waals surface area contributed by atoms with Gasteiger partial charge in [0.15, 0.2) is 0 Å². The van der Waals surface area contributed by atoms with E-state index in [4.69, 9.17) is 21.1 Å². The molecule has 9 nitrogen and oxygen atoms in total. The van der Waals surface area contributed by atoms with Gasteiger partial charge in [-0.15, -0.1) is 0 Å². The Balaban J connectivity index is 1.89. The number of carbonyl (C=O) groups is 2. The first-order valence-electron chi connectivity index (χ1n) is 14.6. The van der Waals surface area contributed by atoms with Gasteiger partial charge in [0.25, 0.3) is 0 Å². The summed E-state index contributed by atoms with van der Waals surface area (Å²) in [5, 5.41) is 3.29. The maximum Gasteiger partial charge on any atom is 0.243 e. The fourth-order valence-corrected chi connectivity index (χ4v) is 6.05. The maximum absolute atomic E-state index is 14.0. The number of nitrogens with one attached hydrogen (secondary N) is 1. The summed E-state index contributed by atoms with van der Waals surface area (Å²) >= 11 is 6.27. The van der Waals surface area contributed by atoms with Gasteiger partial charge in [-0.25, -0.2) is 8.42 Å². The van der Waals surface area contributed by atoms with Crippen LogP contribution in [0.25, 0.3) is 0 Å². The Morgan fingerprint density at radius 1 is 0.932 bits per heavy atom. The number of benzene rings is 3. The lowest BCUT2D eigenvalue weighted by atomic mass is 10.0. The van der Waals surface area contributed by atoms with Gasteiger partial charge in [0, 0.05) is 32.5 Å². The van der Waals surface area contributed by atoms with Crippen molar-refractivity contribution in [3.05, 3.63) is 88.9 Å². The first-order chi connectivity index (χ1) is 21.1. The number of rotatable bonds is 17. The molecule has 238 valence electrons. The minimum absolute atomic E-state index is 0.0212. The SMILES string of the molecule is CCCCNC(=O)[C@@H](Cc1ccccc1)N(Cc1cccc(OC)c1)C(=O)CCCN(c1ccc(OC)c(Cl)c1)S(C)(=O)=O. The van der Waals surface area contributed by atoms with Crippen LogP contribution in [0.1, 0.15) is 43.7 Å². The summed E-state index contributed by atoms with van der Waals surface area (Å²) in [5.41, 5.74) is 2.10. The standard InChI is InChI=1S/C33H42ClN3O6S/c1-5-6-19-35-33(39)30(22-25-12-8-7-9-13-25)36(24-26-14-10-15-28(21-26)42-2)32(38)16-11-20-37(44(4,40)41)27-17-18-31(43-3)29(34)23-27/h7-10,12-15,17-18,21,23,30H,5-6,11,16,19-20,22,24H2,1-4H3,(H,35,39)/t30-/m1/s1. The molecule has 0 unspecified atom stereocenters. The van der Waals surface area contributed by atoms with Crippen LogP contribution < -0.4 is 19.1 Å². The van der Waals surface area contributed by atoms with Crippen molar-refractivity contribution in [1.82, 2.24) is 10.2 Å². The highest BCUT2D eigenvalue weighted by atomic mass is 35.5. The van der Waals surface area contributed by atoms with Gasteiger partial charge in [0.2, 0.25) is 21.8 Å². The van der Waals surface area contributed by atoms with Crippen LogP contribution in [0.2, 0.25) is 5.02 Å². The van der Waals surface area contributed by atoms with Crippen molar-refractivity contribution in [3.63, 3.8) is 0 Å². The molecule has 2 amide bonds. The highest BCUT2D eigenvalue weighted by Crippen LogP contribution is 2.30. The lowest BCUT2D eigenvalue weighted by Gasteiger charge is -2.32. The molecule has 0 heterocycles. The molecule has 0 aromatic heterocycles. The topological polar surface area (TPSA) is 105 Å². The van der Waals surface area contributed by atoms with Crippen LogP contribution >= 0.6 is 11.6 Å². The van der Waals surface area contributed by atoms with E-state index in [9.17, 15) is 18.0 Å². The number of halogens is 1. The number of unbranched alkanes of at least 4 members (excludes halogenated alkanes) is 1. The van der Waals surface area contributed by atoms with E-state index in [2.05, 4.69) is 5.32 Å². The minimum Gasteiger partial charge on any atom is -0.497 e. The summed E-state index contributed by atoms with van der Waals surface area (Å²) in [4.78, 5) is 29.2. The molecule has 3 aromatic rings. The van der Waals surface area contributed by atoms with E-state index >= 15 is 0 Å². The molecule has 0 bridgehead atoms. The quantitative estimate of drug-likeness (QED) is 0.196. The number of sulfonamides is 1. The van der Waals surface area contributed by atoms with Crippen LogP contribution in [0.15, 0.2) is 72.8 Å². The molecule has 0 saturated heterocycles. The molecular formula is C33H42ClN3O6S. The first kappa shape index (κ1) is 34.7. The van der Waals surface area contributed by atoms with Crippen LogP contribution in [-0.4, -0.2) is 64.7 Å². The second-order valence-corrected chi connectivity index (χ2v) is 12.8. The highest BCUT2D eigenvalue weighted by molar-refractivity contribution is 7.92. The van der Waals surface area contributed by atoms with Crippen LogP contribution in [0.5, 0.6) is 11.5 Å². The van der Waals surface area contributed by atoms with E-state index in [0.717, 1.165) is 30.2 Å². The van der Waals surface area contributed by atoms with E-state index in [0.29, 0.717) is 30.2 Å². The average Bonchev–Trinajstić information content (AvgIpc) is 3.01. The fourth-order valence-electron chi connectivity index (χ4n) is 4.84. The van der Waals surface area contributed by atoms with Gasteiger partial charge in [0.1, 0.15) is 17.5 Å². The zero-order valence-electron chi connectivity index (χ0n) is 25.8. The van der Waals surface area contributed by atoms with E-state index in [1.54, 1.807) is 24.1 Å². The predicted molar refractivity (Wildman–Crippen MR) is 175 cm³/mol. The van der Waals surface area contributed by atoms with Gasteiger partial charge in [-0.3, -0.25) is 13.9 Å². The molecule has 0 aliphatic heterocycles. The smallest absolute Gasteiger partial charge is 0.243 e. The normalized spacial score (nSPS) is 11.8. The van der Waals surface area contributed by atoms with Crippen molar-refractivity contribution in [2.45, 2.75) is 51.6 Å². The van der Waals surface area contributed by atoms with Crippen LogP contribution in [0.4, 0.5) is 5.69 Å². The lowest BCUT2D eigenvalue weighted by molar-refractivity contribution is -0.141. The Morgan fingerprint density at radius 2 is 1.66 bits per heavy atom. The van der Waals surface area contributed by atoms with E-state index in [-0.39, 0.29) is 42.8 Å². The van der Waals surface area contributed by atoms with Gasteiger partial charge >= 0.3 is 0 Å². The summed E-state index contributed by atoms with van der Waals surface area (Å²) in [6.07, 6.45) is 3.43. The Hall–Kier alpha value is -3.76. The summed E-state index contributed by atoms with van der Waals surface area (Å²) in [6, 6.07) is 20.9. The Labute approximate surface area is 266 Å². The Kier molecular flexibility index (Phi) is 13.4. The number of ether oxygens (including phenoxy) is 2. The van der Waals surface area contributed by atoms with E-state index in [1.807, 2.05) is 61.5 Å². The number of anilines is 1. The van der Waals surface area contributed by atoms with Gasteiger partial charge in [-0.1, -0.05) is 67.4 Å². The molecule has 0 fully saturated rings. The number of amides is 2. The molecule has 0 aliphatic carbocycles. The Bertz CT molecular complexity index is 1490. The summed E-state index contributed by atoms with van der Waals surface area (Å²) in [5.74, 6) is 0.572. The summed E-state index contributed by atoms with van der Waals surface area (Å²) in [6.45, 7) is 2.78. The summed E-state index contributed by atoms with van der Waals surface area (Å²) in [7, 11) is -0.627. The molecule has 0 radical (unpaired) electrons. The molecular weight excluding hydrogens is 602 g/mol. The molecule has 11 heteroatoms. The zero-order chi connectivity index (χ0) is 32.1. The molecule has 44 heavy (non-hydrogen) atoms. The number of carbonyl (C=O) groups excluding carboxylic acids is 2. The number of methoxy groups -OCH3 is 2. The Morgan fingerprint density at radius 3 is 2.30 bits per heavy atom. The van der Waals surface area contributed by atoms with Crippen molar-refractivity contribution in [2.24, 2.45) is 0 Å². The van der Waals surface area contributed by atoms with Crippen molar-refractivity contribution in [1.29, 1.82) is 0 Å². The molecule has 0 saturated carbocycles. The van der Waals surface area contributed by atoms with Crippen LogP contribution in [0.3, 0.4) is 0 Å². The third kappa shape index (κ3) is 10.2. The zero-order valence-corrected chi connectivity index (χ0v) is 27.4. The lowest BCUT2D eigenvalue weighted by Crippen LogP contribution is -2.50. The van der Waals surface area contributed by atoms with Crippen molar-refractivity contribution < 1.29 is 27.5 Å². The predicted octanol–water partition coefficient (Wildman–Crippen LogP) is 5.46. The van der Waals surface area contributed by atoms with Gasteiger partial charge < -0.3 is 19.7 Å². The third-order valence-electron chi connectivity index (χ3n) is 7.16. The first-order valence-corrected chi connectivity index (χ1v) is 16.8. The molecule has 1 N–H and O–H groups in total. The number of hydrogen-bond donors (Lipinski definition) is 1. The molecule has 0 spiro atoms. The monoisotopic (exact) mass is 643 g/mol. The van der Waals surface area contributed by atoms with Crippen LogP contribution in [-0.2, 0) is 32.6 Å². The number of nitrogens with zero attached hydrogens (tertiary/aromatic N) is 2. The summed E-state index contributed by atoms with van der Waals surface area (Å²) < 4.78 is 37.3. The fraction of sp³-hybridized carbons (Fsp3) is 0.394. The average molecular weight is 644 g/mol. The van der Waals surface area contributed by atoms with Gasteiger partial charge in [0.05, 0.1) is 31.2 Å². The van der Waals surface area contributed by atoms with Crippen molar-refractivity contribution in [2.75, 3.05) is 37.9 Å². The second kappa shape index (κ2) is 16.9. The third-order valence-corrected chi connectivity index (χ3v) is 8.65. The van der Waals surface area contributed by atoms with Crippen molar-refractivity contribution in [3.8, 4) is 11.5 Å². The molecule has 0 aliphatic rings. The second-order valence-electron chi connectivity index (χ2n) is 10.5. The van der Waals surface area contributed by atoms with Gasteiger partial charge in [-0.05, 0) is 54.3 Å².